The van der Waals surface area contributed by atoms with Crippen LogP contribution in [0.3, 0.4) is 0 Å². The second kappa shape index (κ2) is 5.71. The number of carboxylic acids is 1. The van der Waals surface area contributed by atoms with Crippen LogP contribution >= 0.6 is 33.9 Å². The van der Waals surface area contributed by atoms with Gasteiger partial charge >= 0.3 is 5.97 Å². The molecule has 18 heavy (non-hydrogen) atoms. The van der Waals surface area contributed by atoms with Crippen LogP contribution in [-0.2, 0) is 6.54 Å². The molecule has 0 saturated heterocycles. The molecule has 0 fully saturated rings. The summed E-state index contributed by atoms with van der Waals surface area (Å²) in [5.41, 5.74) is 2.31. The SMILES string of the molecule is Cc1c(I)cccc1NCc1ccc(C(=O)O)s1. The van der Waals surface area contributed by atoms with Crippen molar-refractivity contribution in [3.63, 3.8) is 0 Å². The van der Waals surface area contributed by atoms with Gasteiger partial charge in [-0.1, -0.05) is 6.07 Å². The third-order valence-corrected chi connectivity index (χ3v) is 4.84. The van der Waals surface area contributed by atoms with Crippen LogP contribution < -0.4 is 5.32 Å². The molecular formula is C13H12INO2S. The van der Waals surface area contributed by atoms with Crippen LogP contribution in [0.1, 0.15) is 20.1 Å². The standard InChI is InChI=1S/C13H12INO2S/c1-8-10(14)3-2-4-11(8)15-7-9-5-6-12(18-9)13(16)17/h2-6,15H,7H2,1H3,(H,16,17). The molecule has 0 atom stereocenters. The first-order chi connectivity index (χ1) is 8.58. The summed E-state index contributed by atoms with van der Waals surface area (Å²) in [6.45, 7) is 2.72. The monoisotopic (exact) mass is 373 g/mol. The summed E-state index contributed by atoms with van der Waals surface area (Å²) < 4.78 is 1.22. The molecule has 0 aliphatic heterocycles. The Bertz CT molecular complexity index is 580. The third-order valence-electron chi connectivity index (χ3n) is 2.59. The van der Waals surface area contributed by atoms with Crippen LogP contribution in [-0.4, -0.2) is 11.1 Å². The van der Waals surface area contributed by atoms with Crippen LogP contribution in [0.5, 0.6) is 0 Å². The van der Waals surface area contributed by atoms with E-state index in [2.05, 4.69) is 40.9 Å². The highest BCUT2D eigenvalue weighted by atomic mass is 127. The van der Waals surface area contributed by atoms with E-state index in [1.807, 2.05) is 18.2 Å². The quantitative estimate of drug-likeness (QED) is 0.798. The van der Waals surface area contributed by atoms with Crippen molar-refractivity contribution < 1.29 is 9.90 Å². The van der Waals surface area contributed by atoms with Crippen molar-refractivity contribution in [3.8, 4) is 0 Å². The Morgan fingerprint density at radius 3 is 2.83 bits per heavy atom. The number of anilines is 1. The van der Waals surface area contributed by atoms with Crippen LogP contribution in [0.2, 0.25) is 0 Å². The Balaban J connectivity index is 2.07. The van der Waals surface area contributed by atoms with E-state index < -0.39 is 5.97 Å². The first-order valence-corrected chi connectivity index (χ1v) is 7.28. The van der Waals surface area contributed by atoms with E-state index >= 15 is 0 Å². The molecule has 0 radical (unpaired) electrons. The largest absolute Gasteiger partial charge is 0.477 e. The van der Waals surface area contributed by atoms with Crippen molar-refractivity contribution >= 4 is 45.6 Å². The Morgan fingerprint density at radius 2 is 2.17 bits per heavy atom. The predicted molar refractivity (Wildman–Crippen MR) is 82.5 cm³/mol. The summed E-state index contributed by atoms with van der Waals surface area (Å²) in [5, 5.41) is 12.2. The molecule has 1 heterocycles. The van der Waals surface area contributed by atoms with Crippen LogP contribution in [0.25, 0.3) is 0 Å². The topological polar surface area (TPSA) is 49.3 Å². The fraction of sp³-hybridized carbons (Fsp3) is 0.154. The molecule has 0 saturated carbocycles. The molecule has 0 unspecified atom stereocenters. The summed E-state index contributed by atoms with van der Waals surface area (Å²) in [6.07, 6.45) is 0. The Kier molecular flexibility index (Phi) is 4.23. The van der Waals surface area contributed by atoms with Gasteiger partial charge in [-0.15, -0.1) is 11.3 Å². The summed E-state index contributed by atoms with van der Waals surface area (Å²) in [6, 6.07) is 9.60. The van der Waals surface area contributed by atoms with Gasteiger partial charge in [0.2, 0.25) is 0 Å². The van der Waals surface area contributed by atoms with Crippen LogP contribution in [0.15, 0.2) is 30.3 Å². The van der Waals surface area contributed by atoms with Gasteiger partial charge in [0, 0.05) is 20.7 Å². The van der Waals surface area contributed by atoms with Crippen molar-refractivity contribution in [2.24, 2.45) is 0 Å². The zero-order valence-electron chi connectivity index (χ0n) is 9.74. The molecule has 0 aliphatic rings. The van der Waals surface area contributed by atoms with Gasteiger partial charge in [0.25, 0.3) is 0 Å². The second-order valence-corrected chi connectivity index (χ2v) is 6.17. The highest BCUT2D eigenvalue weighted by Crippen LogP contribution is 2.22. The fourth-order valence-electron chi connectivity index (χ4n) is 1.57. The van der Waals surface area contributed by atoms with E-state index in [-0.39, 0.29) is 0 Å². The number of carboxylic acid groups (broad SMARTS) is 1. The minimum Gasteiger partial charge on any atom is -0.477 e. The third kappa shape index (κ3) is 3.02. The molecule has 1 aromatic heterocycles. The normalized spacial score (nSPS) is 10.3. The smallest absolute Gasteiger partial charge is 0.345 e. The summed E-state index contributed by atoms with van der Waals surface area (Å²) in [5.74, 6) is -0.864. The number of rotatable bonds is 4. The van der Waals surface area contributed by atoms with Crippen LogP contribution in [0.4, 0.5) is 5.69 Å². The van der Waals surface area contributed by atoms with Crippen LogP contribution in [0, 0.1) is 10.5 Å². The molecule has 0 spiro atoms. The van der Waals surface area contributed by atoms with Gasteiger partial charge in [0.15, 0.2) is 0 Å². The fourth-order valence-corrected chi connectivity index (χ4v) is 2.85. The number of halogens is 1. The minimum absolute atomic E-state index is 0.381. The molecule has 2 N–H and O–H groups in total. The Hall–Kier alpha value is -1.08. The average Bonchev–Trinajstić information content (AvgIpc) is 2.80. The zero-order valence-corrected chi connectivity index (χ0v) is 12.7. The van der Waals surface area contributed by atoms with Gasteiger partial charge in [-0.2, -0.15) is 0 Å². The molecule has 2 aromatic rings. The summed E-state index contributed by atoms with van der Waals surface area (Å²) >= 11 is 3.61. The predicted octanol–water partition coefficient (Wildman–Crippen LogP) is 3.97. The maximum Gasteiger partial charge on any atom is 0.345 e. The summed E-state index contributed by atoms with van der Waals surface area (Å²) in [4.78, 5) is 12.2. The molecule has 5 heteroatoms. The zero-order chi connectivity index (χ0) is 13.1. The van der Waals surface area contributed by atoms with E-state index in [9.17, 15) is 4.79 Å². The molecule has 0 bridgehead atoms. The maximum absolute atomic E-state index is 10.8. The van der Waals surface area contributed by atoms with Crippen molar-refractivity contribution in [2.45, 2.75) is 13.5 Å². The molecule has 1 aromatic carbocycles. The lowest BCUT2D eigenvalue weighted by Crippen LogP contribution is -2.00. The molecular weight excluding hydrogens is 361 g/mol. The first kappa shape index (κ1) is 13.4. The first-order valence-electron chi connectivity index (χ1n) is 5.39. The van der Waals surface area contributed by atoms with Crippen molar-refractivity contribution in [3.05, 3.63) is 49.2 Å². The number of thiophene rings is 1. The number of aromatic carboxylic acids is 1. The van der Waals surface area contributed by atoms with E-state index in [1.165, 1.54) is 20.5 Å². The average molecular weight is 373 g/mol. The molecule has 0 amide bonds. The number of carbonyl (C=O) groups is 1. The molecule has 94 valence electrons. The highest BCUT2D eigenvalue weighted by molar-refractivity contribution is 14.1. The van der Waals surface area contributed by atoms with E-state index in [1.54, 1.807) is 6.07 Å². The van der Waals surface area contributed by atoms with E-state index in [0.717, 1.165) is 10.6 Å². The number of hydrogen-bond donors (Lipinski definition) is 2. The lowest BCUT2D eigenvalue weighted by molar-refractivity contribution is 0.0702. The van der Waals surface area contributed by atoms with Gasteiger partial charge < -0.3 is 10.4 Å². The lowest BCUT2D eigenvalue weighted by atomic mass is 10.2. The summed E-state index contributed by atoms with van der Waals surface area (Å²) in [7, 11) is 0. The maximum atomic E-state index is 10.8. The lowest BCUT2D eigenvalue weighted by Gasteiger charge is -2.09. The van der Waals surface area contributed by atoms with Gasteiger partial charge in [0.1, 0.15) is 4.88 Å². The van der Waals surface area contributed by atoms with E-state index in [0.29, 0.717) is 11.4 Å². The Morgan fingerprint density at radius 1 is 1.39 bits per heavy atom. The van der Waals surface area contributed by atoms with Gasteiger partial charge in [-0.3, -0.25) is 0 Å². The minimum atomic E-state index is -0.864. The van der Waals surface area contributed by atoms with Crippen molar-refractivity contribution in [1.82, 2.24) is 0 Å². The van der Waals surface area contributed by atoms with Crippen molar-refractivity contribution in [1.29, 1.82) is 0 Å². The van der Waals surface area contributed by atoms with Crippen molar-refractivity contribution in [2.75, 3.05) is 5.32 Å². The van der Waals surface area contributed by atoms with Gasteiger partial charge in [-0.05, 0) is 59.3 Å². The number of benzene rings is 1. The van der Waals surface area contributed by atoms with E-state index in [4.69, 9.17) is 5.11 Å². The molecule has 0 aliphatic carbocycles. The highest BCUT2D eigenvalue weighted by Gasteiger charge is 2.07. The molecule has 3 nitrogen and oxygen atoms in total. The number of hydrogen-bond acceptors (Lipinski definition) is 3. The second-order valence-electron chi connectivity index (χ2n) is 3.84. The Labute approximate surface area is 123 Å². The van der Waals surface area contributed by atoms with Gasteiger partial charge in [-0.25, -0.2) is 4.79 Å². The number of nitrogens with one attached hydrogen (secondary N) is 1. The molecule has 2 rings (SSSR count). The van der Waals surface area contributed by atoms with Gasteiger partial charge in [0.05, 0.1) is 0 Å².